The van der Waals surface area contributed by atoms with Crippen LogP contribution in [0.25, 0.3) is 16.6 Å². The number of carboxylic acids is 1. The van der Waals surface area contributed by atoms with Crippen LogP contribution in [0.3, 0.4) is 0 Å². The number of ether oxygens (including phenoxy) is 1. The lowest BCUT2D eigenvalue weighted by Crippen LogP contribution is -2.62. The van der Waals surface area contributed by atoms with Crippen LogP contribution in [0.15, 0.2) is 53.2 Å². The molecule has 1 spiro atoms. The van der Waals surface area contributed by atoms with Crippen molar-refractivity contribution in [1.82, 2.24) is 14.9 Å². The van der Waals surface area contributed by atoms with Crippen molar-refractivity contribution in [2.24, 2.45) is 5.41 Å². The van der Waals surface area contributed by atoms with Gasteiger partial charge >= 0.3 is 12.1 Å². The molecular formula is C28H27F3N4O6. The molecule has 5 rings (SSSR count). The first-order valence-electron chi connectivity index (χ1n) is 12.6. The number of anilines is 1. The van der Waals surface area contributed by atoms with Crippen LogP contribution < -0.4 is 15.8 Å². The number of carbonyl (C=O) groups excluding carboxylic acids is 1. The number of benzene rings is 2. The summed E-state index contributed by atoms with van der Waals surface area (Å²) in [6.45, 7) is 5.99. The number of nitrogens with zero attached hydrogens (tertiary/aromatic N) is 3. The van der Waals surface area contributed by atoms with Crippen LogP contribution in [0.4, 0.5) is 23.7 Å². The highest BCUT2D eigenvalue weighted by Gasteiger charge is 2.53. The van der Waals surface area contributed by atoms with Crippen molar-refractivity contribution in [2.45, 2.75) is 26.4 Å². The highest BCUT2D eigenvalue weighted by molar-refractivity contribution is 5.94. The van der Waals surface area contributed by atoms with E-state index in [4.69, 9.17) is 9.57 Å². The third-order valence-corrected chi connectivity index (χ3v) is 6.96. The molecule has 2 N–H and O–H groups in total. The van der Waals surface area contributed by atoms with E-state index in [0.29, 0.717) is 11.8 Å². The van der Waals surface area contributed by atoms with Gasteiger partial charge in [0.25, 0.3) is 0 Å². The van der Waals surface area contributed by atoms with Gasteiger partial charge in [-0.1, -0.05) is 0 Å². The Morgan fingerprint density at radius 3 is 2.32 bits per heavy atom. The van der Waals surface area contributed by atoms with Crippen molar-refractivity contribution in [1.29, 1.82) is 0 Å². The minimum atomic E-state index is -1.59. The number of nitrogens with one attached hydrogen (secondary N) is 1. The summed E-state index contributed by atoms with van der Waals surface area (Å²) in [6, 6.07) is 4.88. The molecule has 2 aliphatic rings. The SMILES string of the molecule is CONC1=CN(c2cc3c(cc2F)c(=O)c(C(=O)O)cn3-c2ccc(F)cc2F)CC12CN(C(=O)OC(C)(C)C)C2. The van der Waals surface area contributed by atoms with Crippen molar-refractivity contribution < 1.29 is 37.4 Å². The molecule has 10 nitrogen and oxygen atoms in total. The first kappa shape index (κ1) is 28.0. The van der Waals surface area contributed by atoms with Crippen molar-refractivity contribution >= 4 is 28.7 Å². The lowest BCUT2D eigenvalue weighted by atomic mass is 9.78. The third-order valence-electron chi connectivity index (χ3n) is 6.96. The normalized spacial score (nSPS) is 16.1. The fourth-order valence-corrected chi connectivity index (χ4v) is 5.14. The second-order valence-corrected chi connectivity index (χ2v) is 11.1. The van der Waals surface area contributed by atoms with Crippen LogP contribution in [0, 0.1) is 22.9 Å². The highest BCUT2D eigenvalue weighted by atomic mass is 19.1. The largest absolute Gasteiger partial charge is 0.477 e. The van der Waals surface area contributed by atoms with Gasteiger partial charge < -0.3 is 24.2 Å². The maximum absolute atomic E-state index is 15.6. The standard InChI is InChI=1S/C28H27F3N4O6/c1-27(2,3)41-26(39)34-13-28(14-34)12-33(11-23(28)32-40-4)22-9-21-16(8-19(22)31)24(36)17(25(37)38)10-35(21)20-6-5-15(29)7-18(20)30/h5-11,32H,12-14H2,1-4H3,(H,37,38). The summed E-state index contributed by atoms with van der Waals surface area (Å²) in [4.78, 5) is 45.5. The molecule has 0 aliphatic carbocycles. The molecule has 1 amide bonds. The molecule has 2 aromatic carbocycles. The van der Waals surface area contributed by atoms with E-state index < -0.39 is 51.5 Å². The zero-order valence-electron chi connectivity index (χ0n) is 22.6. The number of aromatic carboxylic acids is 1. The molecule has 41 heavy (non-hydrogen) atoms. The van der Waals surface area contributed by atoms with Gasteiger partial charge in [0.05, 0.1) is 35.1 Å². The summed E-state index contributed by atoms with van der Waals surface area (Å²) >= 11 is 0. The smallest absolute Gasteiger partial charge is 0.410 e. The third kappa shape index (κ3) is 4.97. The Hall–Kier alpha value is -4.52. The average Bonchev–Trinajstić information content (AvgIpc) is 3.22. The van der Waals surface area contributed by atoms with Crippen molar-refractivity contribution in [3.8, 4) is 5.69 Å². The van der Waals surface area contributed by atoms with Gasteiger partial charge in [-0.05, 0) is 45.0 Å². The first-order chi connectivity index (χ1) is 19.2. The average molecular weight is 573 g/mol. The molecule has 3 heterocycles. The van der Waals surface area contributed by atoms with Crippen LogP contribution in [-0.2, 0) is 9.57 Å². The second kappa shape index (κ2) is 9.84. The minimum Gasteiger partial charge on any atom is -0.477 e. The number of hydrogen-bond acceptors (Lipinski definition) is 7. The summed E-state index contributed by atoms with van der Waals surface area (Å²) < 4.78 is 50.6. The van der Waals surface area contributed by atoms with E-state index in [9.17, 15) is 28.3 Å². The van der Waals surface area contributed by atoms with Gasteiger partial charge in [-0.2, -0.15) is 0 Å². The van der Waals surface area contributed by atoms with Crippen molar-refractivity contribution in [2.75, 3.05) is 31.6 Å². The zero-order chi connectivity index (χ0) is 29.9. The summed E-state index contributed by atoms with van der Waals surface area (Å²) in [5, 5.41) is 9.26. The van der Waals surface area contributed by atoms with E-state index in [1.807, 2.05) is 0 Å². The van der Waals surface area contributed by atoms with Gasteiger partial charge in [0, 0.05) is 43.5 Å². The highest BCUT2D eigenvalue weighted by Crippen LogP contribution is 2.44. The second-order valence-electron chi connectivity index (χ2n) is 11.1. The van der Waals surface area contributed by atoms with Gasteiger partial charge in [0.1, 0.15) is 28.6 Å². The number of fused-ring (bicyclic) bond motifs is 1. The molecule has 2 aliphatic heterocycles. The van der Waals surface area contributed by atoms with Gasteiger partial charge in [0.2, 0.25) is 5.43 Å². The van der Waals surface area contributed by atoms with Crippen LogP contribution in [0.1, 0.15) is 31.1 Å². The molecule has 1 fully saturated rings. The van der Waals surface area contributed by atoms with Crippen LogP contribution in [-0.4, -0.2) is 59.0 Å². The molecule has 0 bridgehead atoms. The molecule has 216 valence electrons. The Morgan fingerprint density at radius 2 is 1.71 bits per heavy atom. The van der Waals surface area contributed by atoms with Gasteiger partial charge in [-0.15, -0.1) is 0 Å². The molecule has 0 atom stereocenters. The molecule has 0 unspecified atom stereocenters. The summed E-state index contributed by atoms with van der Waals surface area (Å²) in [5.41, 5.74) is 0.128. The molecule has 1 saturated heterocycles. The Morgan fingerprint density at radius 1 is 1.02 bits per heavy atom. The number of likely N-dealkylation sites (tertiary alicyclic amines) is 1. The van der Waals surface area contributed by atoms with Gasteiger partial charge in [-0.25, -0.2) is 22.8 Å². The predicted molar refractivity (Wildman–Crippen MR) is 142 cm³/mol. The quantitative estimate of drug-likeness (QED) is 0.439. The van der Waals surface area contributed by atoms with E-state index in [1.165, 1.54) is 18.1 Å². The maximum atomic E-state index is 15.6. The van der Waals surface area contributed by atoms with Gasteiger partial charge in [-0.3, -0.25) is 15.1 Å². The number of halogens is 3. The topological polar surface area (TPSA) is 113 Å². The fraction of sp³-hybridized carbons (Fsp3) is 0.321. The molecule has 3 aromatic rings. The summed E-state index contributed by atoms with van der Waals surface area (Å²) in [7, 11) is 1.41. The molecule has 0 saturated carbocycles. The zero-order valence-corrected chi connectivity index (χ0v) is 22.6. The van der Waals surface area contributed by atoms with Crippen molar-refractivity contribution in [3.05, 3.63) is 81.7 Å². The van der Waals surface area contributed by atoms with Gasteiger partial charge in [0.15, 0.2) is 0 Å². The van der Waals surface area contributed by atoms with Crippen LogP contribution >= 0.6 is 0 Å². The van der Waals surface area contributed by atoms with E-state index >= 15 is 4.39 Å². The summed E-state index contributed by atoms with van der Waals surface area (Å²) in [6.07, 6.45) is 2.04. The number of carbonyl (C=O) groups is 2. The number of aromatic nitrogens is 1. The first-order valence-corrected chi connectivity index (χ1v) is 12.6. The van der Waals surface area contributed by atoms with E-state index in [0.717, 1.165) is 29.0 Å². The Labute approximate surface area is 232 Å². The van der Waals surface area contributed by atoms with E-state index in [1.54, 1.807) is 31.9 Å². The fourth-order valence-electron chi connectivity index (χ4n) is 5.14. The predicted octanol–water partition coefficient (Wildman–Crippen LogP) is 4.16. The lowest BCUT2D eigenvalue weighted by Gasteiger charge is -2.49. The maximum Gasteiger partial charge on any atom is 0.410 e. The van der Waals surface area contributed by atoms with E-state index in [-0.39, 0.29) is 41.9 Å². The number of hydrogen-bond donors (Lipinski definition) is 2. The Balaban J connectivity index is 1.58. The number of carboxylic acid groups (broad SMARTS) is 1. The van der Waals surface area contributed by atoms with E-state index in [2.05, 4.69) is 5.48 Å². The number of pyridine rings is 1. The Kier molecular flexibility index (Phi) is 6.72. The molecule has 0 radical (unpaired) electrons. The summed E-state index contributed by atoms with van der Waals surface area (Å²) in [5.74, 6) is -4.29. The number of hydroxylamine groups is 1. The number of amides is 1. The monoisotopic (exact) mass is 572 g/mol. The lowest BCUT2D eigenvalue weighted by molar-refractivity contribution is -0.0266. The molecular weight excluding hydrogens is 545 g/mol. The molecule has 1 aromatic heterocycles. The molecule has 13 heteroatoms. The minimum absolute atomic E-state index is 0.000703. The number of rotatable bonds is 5. The van der Waals surface area contributed by atoms with Crippen molar-refractivity contribution in [3.63, 3.8) is 0 Å². The Bertz CT molecular complexity index is 1670. The van der Waals surface area contributed by atoms with Crippen LogP contribution in [0.5, 0.6) is 0 Å². The van der Waals surface area contributed by atoms with Crippen LogP contribution in [0.2, 0.25) is 0 Å².